The maximum absolute atomic E-state index is 12.2. The van der Waals surface area contributed by atoms with Crippen LogP contribution in [0.2, 0.25) is 5.15 Å². The van der Waals surface area contributed by atoms with Crippen molar-refractivity contribution in [1.29, 1.82) is 0 Å². The molecular weight excluding hydrogens is 256 g/mol. The van der Waals surface area contributed by atoms with Gasteiger partial charge in [0, 0.05) is 12.6 Å². The first-order chi connectivity index (χ1) is 8.58. The summed E-state index contributed by atoms with van der Waals surface area (Å²) >= 11 is 5.74. The van der Waals surface area contributed by atoms with Crippen LogP contribution >= 0.6 is 11.6 Å². The molecule has 0 radical (unpaired) electrons. The van der Waals surface area contributed by atoms with Gasteiger partial charge in [0.25, 0.3) is 5.91 Å². The monoisotopic (exact) mass is 268 g/mol. The zero-order chi connectivity index (χ0) is 13.1. The number of aromatic nitrogens is 1. The van der Waals surface area contributed by atoms with Crippen molar-refractivity contribution in [2.24, 2.45) is 0 Å². The molecule has 1 N–H and O–H groups in total. The van der Waals surface area contributed by atoms with Crippen molar-refractivity contribution in [2.45, 2.75) is 25.3 Å². The highest BCUT2D eigenvalue weighted by molar-refractivity contribution is 6.29. The second-order valence-corrected chi connectivity index (χ2v) is 4.63. The summed E-state index contributed by atoms with van der Waals surface area (Å²) in [7, 11) is 0. The van der Waals surface area contributed by atoms with Crippen LogP contribution in [-0.4, -0.2) is 39.5 Å². The van der Waals surface area contributed by atoms with Gasteiger partial charge in [-0.25, -0.2) is 4.98 Å². The Bertz CT molecular complexity index is 478. The number of carboxylic acids is 1. The lowest BCUT2D eigenvalue weighted by atomic mass is 10.1. The van der Waals surface area contributed by atoms with E-state index in [1.165, 1.54) is 0 Å². The SMILES string of the molecule is O=C(O)CC1CCCN1C(=O)c1cccc(Cl)n1. The molecule has 0 aliphatic carbocycles. The molecule has 18 heavy (non-hydrogen) atoms. The molecule has 1 aliphatic heterocycles. The normalized spacial score (nSPS) is 18.9. The van der Waals surface area contributed by atoms with Crippen molar-refractivity contribution in [3.63, 3.8) is 0 Å². The number of carboxylic acid groups (broad SMARTS) is 1. The first-order valence-corrected chi connectivity index (χ1v) is 6.11. The third kappa shape index (κ3) is 2.79. The van der Waals surface area contributed by atoms with Crippen molar-refractivity contribution in [1.82, 2.24) is 9.88 Å². The maximum Gasteiger partial charge on any atom is 0.305 e. The molecule has 0 aromatic carbocycles. The quantitative estimate of drug-likeness (QED) is 0.849. The summed E-state index contributed by atoms with van der Waals surface area (Å²) in [4.78, 5) is 28.5. The molecule has 0 saturated carbocycles. The molecule has 1 aliphatic rings. The van der Waals surface area contributed by atoms with Crippen LogP contribution in [0.3, 0.4) is 0 Å². The summed E-state index contributed by atoms with van der Waals surface area (Å²) in [5.41, 5.74) is 0.264. The molecule has 1 aromatic rings. The Hall–Kier alpha value is -1.62. The Morgan fingerprint density at radius 2 is 2.28 bits per heavy atom. The van der Waals surface area contributed by atoms with Gasteiger partial charge in [0.1, 0.15) is 10.8 Å². The number of likely N-dealkylation sites (tertiary alicyclic amines) is 1. The fraction of sp³-hybridized carbons (Fsp3) is 0.417. The summed E-state index contributed by atoms with van der Waals surface area (Å²) in [6.45, 7) is 0.574. The zero-order valence-electron chi connectivity index (χ0n) is 9.67. The molecule has 2 heterocycles. The Morgan fingerprint density at radius 3 is 2.94 bits per heavy atom. The lowest BCUT2D eigenvalue weighted by Gasteiger charge is -2.23. The number of carbonyl (C=O) groups excluding carboxylic acids is 1. The molecule has 0 bridgehead atoms. The molecule has 6 heteroatoms. The van der Waals surface area contributed by atoms with Crippen LogP contribution in [0.1, 0.15) is 29.8 Å². The van der Waals surface area contributed by atoms with Gasteiger partial charge < -0.3 is 10.0 Å². The second kappa shape index (κ2) is 5.35. The van der Waals surface area contributed by atoms with Gasteiger partial charge in [0.15, 0.2) is 0 Å². The fourth-order valence-electron chi connectivity index (χ4n) is 2.19. The maximum atomic E-state index is 12.2. The van der Waals surface area contributed by atoms with Gasteiger partial charge in [-0.2, -0.15) is 0 Å². The molecule has 0 spiro atoms. The summed E-state index contributed by atoms with van der Waals surface area (Å²) in [6, 6.07) is 4.60. The average molecular weight is 269 g/mol. The number of amides is 1. The lowest BCUT2D eigenvalue weighted by molar-refractivity contribution is -0.137. The predicted octanol–water partition coefficient (Wildman–Crippen LogP) is 1.81. The van der Waals surface area contributed by atoms with E-state index < -0.39 is 5.97 Å². The summed E-state index contributed by atoms with van der Waals surface area (Å²) in [5.74, 6) is -1.14. The van der Waals surface area contributed by atoms with E-state index in [2.05, 4.69) is 4.98 Å². The molecule has 5 nitrogen and oxygen atoms in total. The van der Waals surface area contributed by atoms with Gasteiger partial charge in [0.05, 0.1) is 6.42 Å². The number of aliphatic carboxylic acids is 1. The van der Waals surface area contributed by atoms with Crippen LogP contribution in [0.25, 0.3) is 0 Å². The minimum absolute atomic E-state index is 0.0215. The standard InChI is InChI=1S/C12H13ClN2O3/c13-10-5-1-4-9(14-10)12(18)15-6-2-3-8(15)7-11(16)17/h1,4-5,8H,2-3,6-7H2,(H,16,17). The van der Waals surface area contributed by atoms with E-state index in [0.717, 1.165) is 12.8 Å². The van der Waals surface area contributed by atoms with Gasteiger partial charge in [-0.1, -0.05) is 17.7 Å². The Labute approximate surface area is 109 Å². The van der Waals surface area contributed by atoms with E-state index >= 15 is 0 Å². The van der Waals surface area contributed by atoms with Crippen LogP contribution in [-0.2, 0) is 4.79 Å². The van der Waals surface area contributed by atoms with Crippen LogP contribution in [0.5, 0.6) is 0 Å². The Morgan fingerprint density at radius 1 is 1.50 bits per heavy atom. The average Bonchev–Trinajstić information content (AvgIpc) is 2.75. The smallest absolute Gasteiger partial charge is 0.305 e. The van der Waals surface area contributed by atoms with Crippen LogP contribution < -0.4 is 0 Å². The van der Waals surface area contributed by atoms with Crippen LogP contribution in [0.4, 0.5) is 0 Å². The van der Waals surface area contributed by atoms with E-state index in [4.69, 9.17) is 16.7 Å². The summed E-state index contributed by atoms with van der Waals surface area (Å²) < 4.78 is 0. The molecule has 96 valence electrons. The number of nitrogens with zero attached hydrogens (tertiary/aromatic N) is 2. The minimum atomic E-state index is -0.890. The van der Waals surface area contributed by atoms with Crippen LogP contribution in [0.15, 0.2) is 18.2 Å². The third-order valence-corrected chi connectivity index (χ3v) is 3.19. The van der Waals surface area contributed by atoms with Gasteiger partial charge in [-0.05, 0) is 25.0 Å². The number of hydrogen-bond donors (Lipinski definition) is 1. The fourth-order valence-corrected chi connectivity index (χ4v) is 2.36. The van der Waals surface area contributed by atoms with Crippen molar-refractivity contribution in [3.8, 4) is 0 Å². The van der Waals surface area contributed by atoms with E-state index in [0.29, 0.717) is 6.54 Å². The third-order valence-electron chi connectivity index (χ3n) is 2.98. The van der Waals surface area contributed by atoms with Gasteiger partial charge in [0.2, 0.25) is 0 Å². The summed E-state index contributed by atoms with van der Waals surface area (Å²) in [6.07, 6.45) is 1.52. The van der Waals surface area contributed by atoms with Gasteiger partial charge >= 0.3 is 5.97 Å². The number of halogens is 1. The number of rotatable bonds is 3. The molecule has 1 saturated heterocycles. The zero-order valence-corrected chi connectivity index (χ0v) is 10.4. The molecule has 2 rings (SSSR count). The second-order valence-electron chi connectivity index (χ2n) is 4.24. The Kier molecular flexibility index (Phi) is 3.81. The van der Waals surface area contributed by atoms with Crippen molar-refractivity contribution in [2.75, 3.05) is 6.54 Å². The van der Waals surface area contributed by atoms with Gasteiger partial charge in [-0.15, -0.1) is 0 Å². The van der Waals surface area contributed by atoms with Crippen molar-refractivity contribution < 1.29 is 14.7 Å². The number of hydrogen-bond acceptors (Lipinski definition) is 3. The molecule has 1 aromatic heterocycles. The number of carbonyl (C=O) groups is 2. The van der Waals surface area contributed by atoms with Crippen molar-refractivity contribution in [3.05, 3.63) is 29.0 Å². The Balaban J connectivity index is 2.15. The van der Waals surface area contributed by atoms with Crippen molar-refractivity contribution >= 4 is 23.5 Å². The number of pyridine rings is 1. The van der Waals surface area contributed by atoms with E-state index in [-0.39, 0.29) is 29.2 Å². The first-order valence-electron chi connectivity index (χ1n) is 5.73. The first kappa shape index (κ1) is 12.8. The molecule has 1 amide bonds. The highest BCUT2D eigenvalue weighted by Crippen LogP contribution is 2.22. The van der Waals surface area contributed by atoms with E-state index in [1.54, 1.807) is 23.1 Å². The molecule has 1 fully saturated rings. The highest BCUT2D eigenvalue weighted by Gasteiger charge is 2.31. The topological polar surface area (TPSA) is 70.5 Å². The van der Waals surface area contributed by atoms with E-state index in [9.17, 15) is 9.59 Å². The minimum Gasteiger partial charge on any atom is -0.481 e. The van der Waals surface area contributed by atoms with E-state index in [1.807, 2.05) is 0 Å². The lowest BCUT2D eigenvalue weighted by Crippen LogP contribution is -2.37. The largest absolute Gasteiger partial charge is 0.481 e. The highest BCUT2D eigenvalue weighted by atomic mass is 35.5. The molecule has 1 atom stereocenters. The molecule has 1 unspecified atom stereocenters. The van der Waals surface area contributed by atoms with Crippen LogP contribution in [0, 0.1) is 0 Å². The summed E-state index contributed by atoms with van der Waals surface area (Å²) in [5, 5.41) is 9.07. The predicted molar refractivity (Wildman–Crippen MR) is 65.6 cm³/mol. The van der Waals surface area contributed by atoms with Gasteiger partial charge in [-0.3, -0.25) is 9.59 Å². The molecular formula is C12H13ClN2O3.